The van der Waals surface area contributed by atoms with Gasteiger partial charge in [0.15, 0.2) is 17.6 Å². The van der Waals surface area contributed by atoms with Gasteiger partial charge in [0.2, 0.25) is 6.79 Å². The quantitative estimate of drug-likeness (QED) is 0.722. The van der Waals surface area contributed by atoms with E-state index in [0.29, 0.717) is 23.8 Å². The number of carbonyl (C=O) groups excluding carboxylic acids is 1. The van der Waals surface area contributed by atoms with Gasteiger partial charge in [0.25, 0.3) is 5.91 Å². The van der Waals surface area contributed by atoms with Gasteiger partial charge in [-0.3, -0.25) is 9.78 Å². The average Bonchev–Trinajstić information content (AvgIpc) is 3.38. The predicted octanol–water partition coefficient (Wildman–Crippen LogP) is 3.15. The molecule has 0 saturated heterocycles. The molecule has 0 aliphatic carbocycles. The molecule has 3 heterocycles. The minimum Gasteiger partial charge on any atom is -0.481 e. The molecule has 1 atom stereocenters. The number of hydrogen-bond donors (Lipinski definition) is 1. The Morgan fingerprint density at radius 1 is 1.22 bits per heavy atom. The highest BCUT2D eigenvalue weighted by molar-refractivity contribution is 5.80. The first kappa shape index (κ1) is 17.0. The van der Waals surface area contributed by atoms with Gasteiger partial charge in [-0.1, -0.05) is 6.07 Å². The second-order valence-electron chi connectivity index (χ2n) is 6.06. The zero-order valence-electron chi connectivity index (χ0n) is 14.7. The molecule has 3 aromatic rings. The van der Waals surface area contributed by atoms with Gasteiger partial charge < -0.3 is 23.9 Å². The summed E-state index contributed by atoms with van der Waals surface area (Å²) in [6.07, 6.45) is 4.32. The third kappa shape index (κ3) is 3.87. The first-order chi connectivity index (χ1) is 13.2. The third-order valence-corrected chi connectivity index (χ3v) is 4.13. The monoisotopic (exact) mass is 366 g/mol. The van der Waals surface area contributed by atoms with Crippen molar-refractivity contribution in [2.75, 3.05) is 6.79 Å². The number of aromatic nitrogens is 1. The number of fused-ring (bicyclic) bond motifs is 1. The number of furan rings is 1. The van der Waals surface area contributed by atoms with Crippen LogP contribution < -0.4 is 19.5 Å². The number of benzene rings is 1. The maximum atomic E-state index is 12.3. The number of nitrogens with zero attached hydrogens (tertiary/aromatic N) is 1. The molecular formula is C20H18N2O5. The first-order valence-corrected chi connectivity index (χ1v) is 8.50. The summed E-state index contributed by atoms with van der Waals surface area (Å²) in [6, 6.07) is 10.9. The van der Waals surface area contributed by atoms with Crippen molar-refractivity contribution in [1.29, 1.82) is 0 Å². The van der Waals surface area contributed by atoms with Gasteiger partial charge in [-0.25, -0.2) is 0 Å². The van der Waals surface area contributed by atoms with Gasteiger partial charge >= 0.3 is 0 Å². The summed E-state index contributed by atoms with van der Waals surface area (Å²) in [7, 11) is 0. The number of rotatable bonds is 6. The maximum absolute atomic E-state index is 12.3. The molecule has 7 nitrogen and oxygen atoms in total. The number of hydrogen-bond acceptors (Lipinski definition) is 6. The molecule has 1 aliphatic heterocycles. The van der Waals surface area contributed by atoms with Gasteiger partial charge in [-0.05, 0) is 36.8 Å². The van der Waals surface area contributed by atoms with Crippen molar-refractivity contribution in [3.8, 4) is 28.5 Å². The molecular weight excluding hydrogens is 348 g/mol. The van der Waals surface area contributed by atoms with Crippen molar-refractivity contribution >= 4 is 5.91 Å². The fourth-order valence-corrected chi connectivity index (χ4v) is 2.65. The molecule has 2 aromatic heterocycles. The molecule has 1 N–H and O–H groups in total. The van der Waals surface area contributed by atoms with E-state index in [0.717, 1.165) is 16.8 Å². The van der Waals surface area contributed by atoms with Crippen molar-refractivity contribution in [1.82, 2.24) is 10.3 Å². The topological polar surface area (TPSA) is 82.8 Å². The Kier molecular flexibility index (Phi) is 4.65. The number of ether oxygens (including phenoxy) is 3. The molecule has 0 spiro atoms. The van der Waals surface area contributed by atoms with Gasteiger partial charge in [0, 0.05) is 24.4 Å². The first-order valence-electron chi connectivity index (χ1n) is 8.50. The lowest BCUT2D eigenvalue weighted by Crippen LogP contribution is -2.35. The van der Waals surface area contributed by atoms with Gasteiger partial charge in [0.05, 0.1) is 18.2 Å². The van der Waals surface area contributed by atoms with Crippen LogP contribution >= 0.6 is 0 Å². The lowest BCUT2D eigenvalue weighted by molar-refractivity contribution is -0.127. The van der Waals surface area contributed by atoms with E-state index in [2.05, 4.69) is 10.3 Å². The molecule has 1 unspecified atom stereocenters. The van der Waals surface area contributed by atoms with Crippen LogP contribution in [0.4, 0.5) is 0 Å². The Balaban J connectivity index is 1.31. The van der Waals surface area contributed by atoms with E-state index in [1.165, 1.54) is 0 Å². The standard InChI is InChI=1S/C20H18N2O5/c1-13(27-16-3-5-18-19(8-16)26-12-25-18)20(23)22-10-14-2-4-17(21-9-14)15-6-7-24-11-15/h2-9,11,13H,10,12H2,1H3,(H,22,23). The Morgan fingerprint density at radius 2 is 2.11 bits per heavy atom. The summed E-state index contributed by atoms with van der Waals surface area (Å²) in [6.45, 7) is 2.26. The summed E-state index contributed by atoms with van der Waals surface area (Å²) in [5.74, 6) is 1.62. The highest BCUT2D eigenvalue weighted by Gasteiger charge is 2.18. The van der Waals surface area contributed by atoms with Crippen LogP contribution in [0, 0.1) is 0 Å². The average molecular weight is 366 g/mol. The number of nitrogens with one attached hydrogen (secondary N) is 1. The molecule has 4 rings (SSSR count). The molecule has 7 heteroatoms. The highest BCUT2D eigenvalue weighted by atomic mass is 16.7. The summed E-state index contributed by atoms with van der Waals surface area (Å²) in [5, 5.41) is 2.85. The molecule has 0 saturated carbocycles. The maximum Gasteiger partial charge on any atom is 0.261 e. The number of pyridine rings is 1. The molecule has 0 fully saturated rings. The Bertz CT molecular complexity index is 922. The van der Waals surface area contributed by atoms with E-state index in [1.54, 1.807) is 43.8 Å². The van der Waals surface area contributed by atoms with Crippen molar-refractivity contribution < 1.29 is 23.4 Å². The Labute approximate surface area is 155 Å². The van der Waals surface area contributed by atoms with Crippen molar-refractivity contribution in [3.63, 3.8) is 0 Å². The summed E-state index contributed by atoms with van der Waals surface area (Å²) < 4.78 is 21.3. The van der Waals surface area contributed by atoms with E-state index in [1.807, 2.05) is 18.2 Å². The molecule has 0 radical (unpaired) electrons. The lowest BCUT2D eigenvalue weighted by Gasteiger charge is -2.15. The van der Waals surface area contributed by atoms with E-state index in [-0.39, 0.29) is 12.7 Å². The molecule has 138 valence electrons. The van der Waals surface area contributed by atoms with Crippen molar-refractivity contribution in [2.45, 2.75) is 19.6 Å². The molecule has 1 amide bonds. The number of carbonyl (C=O) groups is 1. The zero-order chi connectivity index (χ0) is 18.6. The smallest absolute Gasteiger partial charge is 0.261 e. The zero-order valence-corrected chi connectivity index (χ0v) is 14.7. The minimum atomic E-state index is -0.650. The van der Waals surface area contributed by atoms with E-state index in [9.17, 15) is 4.79 Å². The van der Waals surface area contributed by atoms with Gasteiger partial charge in [0.1, 0.15) is 5.75 Å². The Morgan fingerprint density at radius 3 is 2.89 bits per heavy atom. The van der Waals surface area contributed by atoms with E-state index >= 15 is 0 Å². The lowest BCUT2D eigenvalue weighted by atomic mass is 10.2. The second-order valence-corrected chi connectivity index (χ2v) is 6.06. The second kappa shape index (κ2) is 7.41. The van der Waals surface area contributed by atoms with Crippen LogP contribution in [0.25, 0.3) is 11.3 Å². The van der Waals surface area contributed by atoms with Crippen LogP contribution in [-0.2, 0) is 11.3 Å². The largest absolute Gasteiger partial charge is 0.481 e. The summed E-state index contributed by atoms with van der Waals surface area (Å²) in [5.41, 5.74) is 2.63. The number of amides is 1. The fraction of sp³-hybridized carbons (Fsp3) is 0.200. The molecule has 0 bridgehead atoms. The van der Waals surface area contributed by atoms with Gasteiger partial charge in [-0.2, -0.15) is 0 Å². The molecule has 1 aliphatic rings. The van der Waals surface area contributed by atoms with Crippen molar-refractivity contribution in [2.24, 2.45) is 0 Å². The Hall–Kier alpha value is -3.48. The predicted molar refractivity (Wildman–Crippen MR) is 96.4 cm³/mol. The molecule has 27 heavy (non-hydrogen) atoms. The summed E-state index contributed by atoms with van der Waals surface area (Å²) in [4.78, 5) is 16.7. The van der Waals surface area contributed by atoms with Crippen LogP contribution in [0.5, 0.6) is 17.2 Å². The van der Waals surface area contributed by atoms with E-state index < -0.39 is 6.10 Å². The summed E-state index contributed by atoms with van der Waals surface area (Å²) >= 11 is 0. The SMILES string of the molecule is CC(Oc1ccc2c(c1)OCO2)C(=O)NCc1ccc(-c2ccoc2)nc1. The van der Waals surface area contributed by atoms with E-state index in [4.69, 9.17) is 18.6 Å². The highest BCUT2D eigenvalue weighted by Crippen LogP contribution is 2.35. The van der Waals surface area contributed by atoms with Crippen molar-refractivity contribution in [3.05, 3.63) is 60.7 Å². The third-order valence-electron chi connectivity index (χ3n) is 4.13. The fourth-order valence-electron chi connectivity index (χ4n) is 2.65. The van der Waals surface area contributed by atoms with Gasteiger partial charge in [-0.15, -0.1) is 0 Å². The van der Waals surface area contributed by atoms with Crippen LogP contribution in [-0.4, -0.2) is 23.8 Å². The van der Waals surface area contributed by atoms with Crippen LogP contribution in [0.3, 0.4) is 0 Å². The normalized spacial score (nSPS) is 13.2. The molecule has 1 aromatic carbocycles. The van der Waals surface area contributed by atoms with Crippen LogP contribution in [0.2, 0.25) is 0 Å². The van der Waals surface area contributed by atoms with Crippen LogP contribution in [0.15, 0.2) is 59.5 Å². The minimum absolute atomic E-state index is 0.197. The van der Waals surface area contributed by atoms with Crippen LogP contribution in [0.1, 0.15) is 12.5 Å².